The van der Waals surface area contributed by atoms with Gasteiger partial charge >= 0.3 is 0 Å². The summed E-state index contributed by atoms with van der Waals surface area (Å²) in [5.41, 5.74) is 8.97. The van der Waals surface area contributed by atoms with Crippen molar-refractivity contribution in [2.45, 2.75) is 33.2 Å². The minimum atomic E-state index is 0.423. The molecule has 0 fully saturated rings. The lowest BCUT2D eigenvalue weighted by molar-refractivity contribution is 0.452. The number of ether oxygens (including phenoxy) is 1. The van der Waals surface area contributed by atoms with Crippen LogP contribution in [0.1, 0.15) is 36.5 Å². The van der Waals surface area contributed by atoms with Crippen molar-refractivity contribution < 1.29 is 4.74 Å². The molecule has 0 radical (unpaired) electrons. The molecule has 0 aliphatic rings. The summed E-state index contributed by atoms with van der Waals surface area (Å²) in [4.78, 5) is 4.26. The number of nitrogens with zero attached hydrogens (tertiary/aromatic N) is 1. The summed E-state index contributed by atoms with van der Waals surface area (Å²) in [6.07, 6.45) is 1.72. The van der Waals surface area contributed by atoms with Gasteiger partial charge in [0.2, 0.25) is 5.88 Å². The lowest BCUT2D eigenvalue weighted by Crippen LogP contribution is -2.01. The van der Waals surface area contributed by atoms with Crippen molar-refractivity contribution >= 4 is 0 Å². The van der Waals surface area contributed by atoms with E-state index in [-0.39, 0.29) is 0 Å². The summed E-state index contributed by atoms with van der Waals surface area (Å²) >= 11 is 0. The zero-order chi connectivity index (χ0) is 13.8. The molecular weight excluding hydrogens is 236 g/mol. The van der Waals surface area contributed by atoms with Crippen LogP contribution in [-0.4, -0.2) is 4.98 Å². The maximum Gasteiger partial charge on any atom is 0.223 e. The molecule has 0 amide bonds. The molecule has 0 bridgehead atoms. The Labute approximate surface area is 114 Å². The van der Waals surface area contributed by atoms with E-state index in [2.05, 4.69) is 37.0 Å². The Bertz CT molecular complexity index is 564. The third-order valence-corrected chi connectivity index (χ3v) is 3.16. The number of aryl methyl sites for hydroxylation is 1. The number of aromatic nitrogens is 1. The largest absolute Gasteiger partial charge is 0.438 e. The van der Waals surface area contributed by atoms with Crippen LogP contribution in [0, 0.1) is 6.92 Å². The first-order valence-corrected chi connectivity index (χ1v) is 6.54. The van der Waals surface area contributed by atoms with E-state index in [0.717, 1.165) is 16.9 Å². The van der Waals surface area contributed by atoms with Gasteiger partial charge in [0, 0.05) is 18.3 Å². The van der Waals surface area contributed by atoms with Crippen LogP contribution in [0.3, 0.4) is 0 Å². The Hall–Kier alpha value is -1.87. The second-order valence-electron chi connectivity index (χ2n) is 4.95. The van der Waals surface area contributed by atoms with Gasteiger partial charge in [0.1, 0.15) is 5.75 Å². The number of pyridine rings is 1. The van der Waals surface area contributed by atoms with Crippen molar-refractivity contribution in [3.63, 3.8) is 0 Å². The SMILES string of the molecule is Cc1ccc(C(C)C)cc1Oc1ncccc1CN. The smallest absolute Gasteiger partial charge is 0.223 e. The first-order chi connectivity index (χ1) is 9.11. The van der Waals surface area contributed by atoms with Crippen LogP contribution < -0.4 is 10.5 Å². The molecule has 100 valence electrons. The van der Waals surface area contributed by atoms with E-state index in [1.165, 1.54) is 5.56 Å². The van der Waals surface area contributed by atoms with Gasteiger partial charge in [-0.25, -0.2) is 4.98 Å². The van der Waals surface area contributed by atoms with Crippen LogP contribution in [0.15, 0.2) is 36.5 Å². The molecule has 1 heterocycles. The van der Waals surface area contributed by atoms with Crippen LogP contribution >= 0.6 is 0 Å². The molecule has 0 aliphatic carbocycles. The van der Waals surface area contributed by atoms with Crippen LogP contribution in [-0.2, 0) is 6.54 Å². The summed E-state index contributed by atoms with van der Waals surface area (Å²) in [6, 6.07) is 10.1. The van der Waals surface area contributed by atoms with E-state index in [0.29, 0.717) is 18.3 Å². The molecule has 0 atom stereocenters. The minimum Gasteiger partial charge on any atom is -0.438 e. The van der Waals surface area contributed by atoms with E-state index in [1.54, 1.807) is 6.20 Å². The van der Waals surface area contributed by atoms with Crippen LogP contribution in [0.2, 0.25) is 0 Å². The molecule has 2 N–H and O–H groups in total. The third-order valence-electron chi connectivity index (χ3n) is 3.16. The van der Waals surface area contributed by atoms with Crippen LogP contribution in [0.5, 0.6) is 11.6 Å². The van der Waals surface area contributed by atoms with Gasteiger partial charge in [-0.05, 0) is 36.1 Å². The molecule has 3 nitrogen and oxygen atoms in total. The summed E-state index contributed by atoms with van der Waals surface area (Å²) in [6.45, 7) is 6.79. The Morgan fingerprint density at radius 3 is 2.74 bits per heavy atom. The van der Waals surface area contributed by atoms with Crippen LogP contribution in [0.25, 0.3) is 0 Å². The zero-order valence-electron chi connectivity index (χ0n) is 11.7. The molecule has 2 rings (SSSR count). The summed E-state index contributed by atoms with van der Waals surface area (Å²) in [5, 5.41) is 0. The fourth-order valence-electron chi connectivity index (χ4n) is 1.86. The van der Waals surface area contributed by atoms with Crippen molar-refractivity contribution in [3.05, 3.63) is 53.2 Å². The molecule has 0 saturated carbocycles. The number of hydrogen-bond acceptors (Lipinski definition) is 3. The van der Waals surface area contributed by atoms with Gasteiger partial charge in [-0.1, -0.05) is 32.0 Å². The number of nitrogens with two attached hydrogens (primary N) is 1. The lowest BCUT2D eigenvalue weighted by Gasteiger charge is -2.13. The van der Waals surface area contributed by atoms with Crippen molar-refractivity contribution in [3.8, 4) is 11.6 Å². The van der Waals surface area contributed by atoms with Gasteiger partial charge in [-0.15, -0.1) is 0 Å². The average Bonchev–Trinajstić information content (AvgIpc) is 2.41. The minimum absolute atomic E-state index is 0.423. The molecule has 1 aromatic carbocycles. The van der Waals surface area contributed by atoms with Gasteiger partial charge < -0.3 is 10.5 Å². The molecule has 19 heavy (non-hydrogen) atoms. The molecule has 0 saturated heterocycles. The van der Waals surface area contributed by atoms with Gasteiger partial charge in [0.05, 0.1) is 0 Å². The van der Waals surface area contributed by atoms with Crippen molar-refractivity contribution in [2.75, 3.05) is 0 Å². The molecule has 0 spiro atoms. The number of hydrogen-bond donors (Lipinski definition) is 1. The third kappa shape index (κ3) is 3.12. The van der Waals surface area contributed by atoms with E-state index < -0.39 is 0 Å². The topological polar surface area (TPSA) is 48.1 Å². The maximum absolute atomic E-state index is 5.93. The van der Waals surface area contributed by atoms with Crippen molar-refractivity contribution in [2.24, 2.45) is 5.73 Å². The Balaban J connectivity index is 2.34. The Morgan fingerprint density at radius 2 is 2.05 bits per heavy atom. The normalized spacial score (nSPS) is 10.8. The fourth-order valence-corrected chi connectivity index (χ4v) is 1.86. The van der Waals surface area contributed by atoms with E-state index in [4.69, 9.17) is 10.5 Å². The summed E-state index contributed by atoms with van der Waals surface area (Å²) in [5.74, 6) is 1.91. The molecule has 0 unspecified atom stereocenters. The Kier molecular flexibility index (Phi) is 4.17. The van der Waals surface area contributed by atoms with E-state index in [9.17, 15) is 0 Å². The second-order valence-corrected chi connectivity index (χ2v) is 4.95. The van der Waals surface area contributed by atoms with Gasteiger partial charge in [0.25, 0.3) is 0 Å². The number of benzene rings is 1. The predicted octanol–water partition coefficient (Wildman–Crippen LogP) is 3.76. The van der Waals surface area contributed by atoms with E-state index in [1.807, 2.05) is 19.1 Å². The molecule has 3 heteroatoms. The second kappa shape index (κ2) is 5.85. The highest BCUT2D eigenvalue weighted by atomic mass is 16.5. The monoisotopic (exact) mass is 256 g/mol. The highest BCUT2D eigenvalue weighted by molar-refractivity contribution is 5.41. The van der Waals surface area contributed by atoms with Crippen molar-refractivity contribution in [1.29, 1.82) is 0 Å². The number of rotatable bonds is 4. The highest BCUT2D eigenvalue weighted by Gasteiger charge is 2.09. The zero-order valence-corrected chi connectivity index (χ0v) is 11.7. The molecule has 0 aliphatic heterocycles. The maximum atomic E-state index is 5.93. The molecular formula is C16H20N2O. The highest BCUT2D eigenvalue weighted by Crippen LogP contribution is 2.29. The predicted molar refractivity (Wildman–Crippen MR) is 77.5 cm³/mol. The average molecular weight is 256 g/mol. The first kappa shape index (κ1) is 13.6. The lowest BCUT2D eigenvalue weighted by atomic mass is 10.0. The molecule has 1 aromatic heterocycles. The van der Waals surface area contributed by atoms with E-state index >= 15 is 0 Å². The first-order valence-electron chi connectivity index (χ1n) is 6.54. The fraction of sp³-hybridized carbons (Fsp3) is 0.312. The van der Waals surface area contributed by atoms with Gasteiger partial charge in [-0.3, -0.25) is 0 Å². The molecule has 2 aromatic rings. The van der Waals surface area contributed by atoms with Crippen molar-refractivity contribution in [1.82, 2.24) is 4.98 Å². The van der Waals surface area contributed by atoms with Gasteiger partial charge in [0.15, 0.2) is 0 Å². The summed E-state index contributed by atoms with van der Waals surface area (Å²) < 4.78 is 5.93. The quantitative estimate of drug-likeness (QED) is 0.906. The Morgan fingerprint density at radius 1 is 1.26 bits per heavy atom. The standard InChI is InChI=1S/C16H20N2O/c1-11(2)13-7-6-12(3)15(9-13)19-16-14(10-17)5-4-8-18-16/h4-9,11H,10,17H2,1-3H3. The van der Waals surface area contributed by atoms with Gasteiger partial charge in [-0.2, -0.15) is 0 Å². The summed E-state index contributed by atoms with van der Waals surface area (Å²) in [7, 11) is 0. The van der Waals surface area contributed by atoms with Crippen LogP contribution in [0.4, 0.5) is 0 Å².